The van der Waals surface area contributed by atoms with Crippen LogP contribution in [0.4, 0.5) is 0 Å². The summed E-state index contributed by atoms with van der Waals surface area (Å²) >= 11 is 0. The van der Waals surface area contributed by atoms with Gasteiger partial charge in [-0.1, -0.05) is 13.0 Å². The predicted molar refractivity (Wildman–Crippen MR) is 43.5 cm³/mol. The van der Waals surface area contributed by atoms with Crippen molar-refractivity contribution < 1.29 is 4.79 Å². The molecule has 1 rings (SSSR count). The van der Waals surface area contributed by atoms with Crippen molar-refractivity contribution in [3.8, 4) is 0 Å². The Morgan fingerprint density at radius 2 is 2.27 bits per heavy atom. The maximum Gasteiger partial charge on any atom is 0.128 e. The monoisotopic (exact) mass is 149 g/mol. The molecule has 1 aromatic heterocycles. The summed E-state index contributed by atoms with van der Waals surface area (Å²) in [5.41, 5.74) is 1.80. The summed E-state index contributed by atoms with van der Waals surface area (Å²) in [5.74, 6) is -0.0881. The van der Waals surface area contributed by atoms with Crippen molar-refractivity contribution in [1.82, 2.24) is 4.98 Å². The molecule has 0 aliphatic heterocycles. The normalized spacial score (nSPS) is 12.5. The summed E-state index contributed by atoms with van der Waals surface area (Å²) in [5, 5.41) is 0. The van der Waals surface area contributed by atoms with Crippen molar-refractivity contribution >= 4 is 6.29 Å². The molecule has 0 radical (unpaired) electrons. The maximum absolute atomic E-state index is 10.4. The molecule has 0 aliphatic rings. The highest BCUT2D eigenvalue weighted by Gasteiger charge is 2.03. The molecule has 1 aromatic rings. The fourth-order valence-electron chi connectivity index (χ4n) is 0.887. The molecule has 0 aliphatic carbocycles. The molecule has 2 heteroatoms. The third kappa shape index (κ3) is 1.87. The van der Waals surface area contributed by atoms with Gasteiger partial charge in [-0.15, -0.1) is 0 Å². The topological polar surface area (TPSA) is 30.0 Å². The molecule has 0 bridgehead atoms. The molecule has 0 saturated heterocycles. The van der Waals surface area contributed by atoms with E-state index in [1.54, 1.807) is 0 Å². The SMILES string of the molecule is Cc1cccc(C(C)C=O)n1. The first-order chi connectivity index (χ1) is 5.24. The van der Waals surface area contributed by atoms with Crippen LogP contribution in [0, 0.1) is 6.92 Å². The quantitative estimate of drug-likeness (QED) is 0.599. The molecule has 0 fully saturated rings. The van der Waals surface area contributed by atoms with Gasteiger partial charge in [0.15, 0.2) is 0 Å². The van der Waals surface area contributed by atoms with E-state index in [0.717, 1.165) is 17.7 Å². The summed E-state index contributed by atoms with van der Waals surface area (Å²) in [4.78, 5) is 14.6. The Bertz CT molecular complexity index is 257. The zero-order chi connectivity index (χ0) is 8.27. The number of nitrogens with zero attached hydrogens (tertiary/aromatic N) is 1. The molecule has 0 spiro atoms. The third-order valence-corrected chi connectivity index (χ3v) is 1.58. The van der Waals surface area contributed by atoms with E-state index >= 15 is 0 Å². The Morgan fingerprint density at radius 1 is 1.55 bits per heavy atom. The summed E-state index contributed by atoms with van der Waals surface area (Å²) in [6.07, 6.45) is 0.905. The second-order valence-electron chi connectivity index (χ2n) is 2.63. The lowest BCUT2D eigenvalue weighted by atomic mass is 10.1. The largest absolute Gasteiger partial charge is 0.303 e. The highest BCUT2D eigenvalue weighted by atomic mass is 16.1. The van der Waals surface area contributed by atoms with Gasteiger partial charge in [-0.2, -0.15) is 0 Å². The maximum atomic E-state index is 10.4. The van der Waals surface area contributed by atoms with Gasteiger partial charge in [-0.25, -0.2) is 0 Å². The Labute approximate surface area is 66.3 Å². The molecule has 0 saturated carbocycles. The lowest BCUT2D eigenvalue weighted by Crippen LogP contribution is -1.98. The molecule has 1 heterocycles. The van der Waals surface area contributed by atoms with E-state index in [9.17, 15) is 4.79 Å². The van der Waals surface area contributed by atoms with Crippen LogP contribution in [0.1, 0.15) is 24.2 Å². The van der Waals surface area contributed by atoms with E-state index in [4.69, 9.17) is 0 Å². The first-order valence-corrected chi connectivity index (χ1v) is 3.63. The number of aryl methyl sites for hydroxylation is 1. The van der Waals surface area contributed by atoms with Gasteiger partial charge >= 0.3 is 0 Å². The van der Waals surface area contributed by atoms with E-state index in [0.29, 0.717) is 0 Å². The van der Waals surface area contributed by atoms with Crippen molar-refractivity contribution in [3.63, 3.8) is 0 Å². The van der Waals surface area contributed by atoms with Gasteiger partial charge < -0.3 is 4.79 Å². The van der Waals surface area contributed by atoms with Crippen LogP contribution in [0.3, 0.4) is 0 Å². The van der Waals surface area contributed by atoms with Crippen LogP contribution < -0.4 is 0 Å². The lowest BCUT2D eigenvalue weighted by Gasteiger charge is -2.02. The van der Waals surface area contributed by atoms with Crippen LogP contribution in [0.15, 0.2) is 18.2 Å². The Kier molecular flexibility index (Phi) is 2.36. The van der Waals surface area contributed by atoms with Crippen molar-refractivity contribution in [2.75, 3.05) is 0 Å². The van der Waals surface area contributed by atoms with Gasteiger partial charge in [0.25, 0.3) is 0 Å². The number of hydrogen-bond donors (Lipinski definition) is 0. The third-order valence-electron chi connectivity index (χ3n) is 1.58. The predicted octanol–water partition coefficient (Wildman–Crippen LogP) is 1.69. The van der Waals surface area contributed by atoms with Gasteiger partial charge in [-0.05, 0) is 19.1 Å². The van der Waals surface area contributed by atoms with Gasteiger partial charge in [0.1, 0.15) is 6.29 Å². The minimum atomic E-state index is -0.0881. The molecular formula is C9H11NO. The van der Waals surface area contributed by atoms with E-state index < -0.39 is 0 Å². The minimum absolute atomic E-state index is 0.0881. The molecule has 1 atom stereocenters. The van der Waals surface area contributed by atoms with Gasteiger partial charge in [0.2, 0.25) is 0 Å². The molecule has 1 unspecified atom stereocenters. The van der Waals surface area contributed by atoms with Crippen LogP contribution in [0.5, 0.6) is 0 Å². The fraction of sp³-hybridized carbons (Fsp3) is 0.333. The number of carbonyl (C=O) groups is 1. The second kappa shape index (κ2) is 3.28. The van der Waals surface area contributed by atoms with Gasteiger partial charge in [-0.3, -0.25) is 4.98 Å². The van der Waals surface area contributed by atoms with Crippen LogP contribution >= 0.6 is 0 Å². The second-order valence-corrected chi connectivity index (χ2v) is 2.63. The van der Waals surface area contributed by atoms with Crippen LogP contribution in [-0.2, 0) is 4.79 Å². The van der Waals surface area contributed by atoms with E-state index in [1.807, 2.05) is 32.0 Å². The molecule has 0 aromatic carbocycles. The van der Waals surface area contributed by atoms with Crippen molar-refractivity contribution in [1.29, 1.82) is 0 Å². The van der Waals surface area contributed by atoms with E-state index in [1.165, 1.54) is 0 Å². The summed E-state index contributed by atoms with van der Waals surface area (Å²) < 4.78 is 0. The Balaban J connectivity index is 2.95. The van der Waals surface area contributed by atoms with Crippen LogP contribution in [0.2, 0.25) is 0 Å². The standard InChI is InChI=1S/C9H11NO/c1-7(6-11)9-5-3-4-8(2)10-9/h3-7H,1-2H3. The van der Waals surface area contributed by atoms with Crippen molar-refractivity contribution in [2.45, 2.75) is 19.8 Å². The number of aldehydes is 1. The van der Waals surface area contributed by atoms with Crippen LogP contribution in [-0.4, -0.2) is 11.3 Å². The summed E-state index contributed by atoms with van der Waals surface area (Å²) in [6.45, 7) is 3.76. The molecule has 2 nitrogen and oxygen atoms in total. The number of carbonyl (C=O) groups excluding carboxylic acids is 1. The first-order valence-electron chi connectivity index (χ1n) is 3.63. The fourth-order valence-corrected chi connectivity index (χ4v) is 0.887. The van der Waals surface area contributed by atoms with E-state index in [2.05, 4.69) is 4.98 Å². The highest BCUT2D eigenvalue weighted by Crippen LogP contribution is 2.09. The Morgan fingerprint density at radius 3 is 2.82 bits per heavy atom. The average molecular weight is 149 g/mol. The van der Waals surface area contributed by atoms with Gasteiger partial charge in [0, 0.05) is 5.69 Å². The van der Waals surface area contributed by atoms with Crippen LogP contribution in [0.25, 0.3) is 0 Å². The summed E-state index contributed by atoms with van der Waals surface area (Å²) in [7, 11) is 0. The molecule has 58 valence electrons. The number of hydrogen-bond acceptors (Lipinski definition) is 2. The minimum Gasteiger partial charge on any atom is -0.303 e. The number of aromatic nitrogens is 1. The molecular weight excluding hydrogens is 138 g/mol. The molecule has 11 heavy (non-hydrogen) atoms. The Hall–Kier alpha value is -1.18. The van der Waals surface area contributed by atoms with Gasteiger partial charge in [0.05, 0.1) is 11.6 Å². The summed E-state index contributed by atoms with van der Waals surface area (Å²) in [6, 6.07) is 5.70. The van der Waals surface area contributed by atoms with E-state index in [-0.39, 0.29) is 5.92 Å². The number of pyridine rings is 1. The smallest absolute Gasteiger partial charge is 0.128 e. The molecule has 0 amide bonds. The first kappa shape index (κ1) is 7.92. The van der Waals surface area contributed by atoms with Crippen molar-refractivity contribution in [3.05, 3.63) is 29.6 Å². The number of rotatable bonds is 2. The zero-order valence-corrected chi connectivity index (χ0v) is 6.74. The highest BCUT2D eigenvalue weighted by molar-refractivity contribution is 5.60. The zero-order valence-electron chi connectivity index (χ0n) is 6.74. The average Bonchev–Trinajstić information content (AvgIpc) is 2.03. The molecule has 0 N–H and O–H groups in total. The van der Waals surface area contributed by atoms with Crippen molar-refractivity contribution in [2.24, 2.45) is 0 Å². The lowest BCUT2D eigenvalue weighted by molar-refractivity contribution is -0.108.